The van der Waals surface area contributed by atoms with Crippen LogP contribution in [0.4, 0.5) is 0 Å². The fourth-order valence-electron chi connectivity index (χ4n) is 2.33. The van der Waals surface area contributed by atoms with Crippen LogP contribution >= 0.6 is 11.3 Å². The predicted molar refractivity (Wildman–Crippen MR) is 82.0 cm³/mol. The van der Waals surface area contributed by atoms with E-state index in [1.807, 2.05) is 30.3 Å². The maximum absolute atomic E-state index is 12.6. The topological polar surface area (TPSA) is 59.3 Å². The Balaban J connectivity index is 1.98. The van der Waals surface area contributed by atoms with Gasteiger partial charge in [-0.25, -0.2) is 0 Å². The van der Waals surface area contributed by atoms with Gasteiger partial charge in [0.15, 0.2) is 0 Å². The molecule has 0 atom stereocenters. The second-order valence-corrected chi connectivity index (χ2v) is 5.90. The normalized spacial score (nSPS) is 10.9. The number of hydrogen-bond donors (Lipinski definition) is 1. The monoisotopic (exact) mass is 299 g/mol. The Morgan fingerprint density at radius 2 is 1.95 bits per heavy atom. The quantitative estimate of drug-likeness (QED) is 0.753. The predicted octanol–water partition coefficient (Wildman–Crippen LogP) is 3.10. The van der Waals surface area contributed by atoms with Crippen LogP contribution in [0.15, 0.2) is 42.5 Å². The number of benzene rings is 1. The van der Waals surface area contributed by atoms with Gasteiger partial charge in [0.05, 0.1) is 17.0 Å². The zero-order chi connectivity index (χ0) is 15.0. The zero-order valence-electron chi connectivity index (χ0n) is 11.4. The summed E-state index contributed by atoms with van der Waals surface area (Å²) in [6.07, 6.45) is -0.0871. The first kappa shape index (κ1) is 13.6. The summed E-state index contributed by atoms with van der Waals surface area (Å²) in [5.74, 6) is -0.979. The fraction of sp³-hybridized carbons (Fsp3) is 0.125. The highest BCUT2D eigenvalue weighted by Crippen LogP contribution is 2.27. The number of aliphatic carboxylic acids is 1. The first-order valence-corrected chi connectivity index (χ1v) is 7.27. The molecule has 1 aromatic carbocycles. The van der Waals surface area contributed by atoms with E-state index in [0.717, 1.165) is 10.1 Å². The van der Waals surface area contributed by atoms with E-state index in [1.165, 1.54) is 11.3 Å². The minimum absolute atomic E-state index is 0.0738. The molecule has 4 nitrogen and oxygen atoms in total. The number of carboxylic acids is 1. The first-order chi connectivity index (χ1) is 10.1. The van der Waals surface area contributed by atoms with E-state index in [0.29, 0.717) is 16.3 Å². The van der Waals surface area contributed by atoms with Crippen molar-refractivity contribution in [1.82, 2.24) is 4.57 Å². The van der Waals surface area contributed by atoms with Crippen molar-refractivity contribution in [2.24, 2.45) is 7.05 Å². The van der Waals surface area contributed by atoms with Crippen LogP contribution < -0.4 is 0 Å². The van der Waals surface area contributed by atoms with Gasteiger partial charge in [-0.05, 0) is 29.7 Å². The highest BCUT2D eigenvalue weighted by atomic mass is 32.1. The summed E-state index contributed by atoms with van der Waals surface area (Å²) in [4.78, 5) is 24.0. The van der Waals surface area contributed by atoms with Crippen LogP contribution in [-0.2, 0) is 18.3 Å². The minimum Gasteiger partial charge on any atom is -0.481 e. The van der Waals surface area contributed by atoms with E-state index in [4.69, 9.17) is 5.11 Å². The van der Waals surface area contributed by atoms with Crippen LogP contribution in [0.5, 0.6) is 0 Å². The van der Waals surface area contributed by atoms with E-state index >= 15 is 0 Å². The number of carboxylic acid groups (broad SMARTS) is 1. The van der Waals surface area contributed by atoms with E-state index in [9.17, 15) is 9.59 Å². The third-order valence-electron chi connectivity index (χ3n) is 3.44. The molecule has 1 N–H and O–H groups in total. The van der Waals surface area contributed by atoms with E-state index in [1.54, 1.807) is 23.7 Å². The van der Waals surface area contributed by atoms with Gasteiger partial charge in [0, 0.05) is 17.4 Å². The number of thiophene rings is 1. The molecule has 0 bridgehead atoms. The largest absolute Gasteiger partial charge is 0.481 e. The fourth-order valence-corrected chi connectivity index (χ4v) is 3.35. The van der Waals surface area contributed by atoms with Gasteiger partial charge in [-0.15, -0.1) is 11.3 Å². The molecular weight excluding hydrogens is 286 g/mol. The molecule has 0 aliphatic rings. The van der Waals surface area contributed by atoms with Crippen LogP contribution in [-0.4, -0.2) is 21.4 Å². The van der Waals surface area contributed by atoms with Gasteiger partial charge < -0.3 is 9.67 Å². The smallest absolute Gasteiger partial charge is 0.309 e. The molecule has 0 fully saturated rings. The van der Waals surface area contributed by atoms with E-state index in [2.05, 4.69) is 0 Å². The summed E-state index contributed by atoms with van der Waals surface area (Å²) >= 11 is 1.45. The summed E-state index contributed by atoms with van der Waals surface area (Å²) in [5, 5.41) is 9.90. The van der Waals surface area contributed by atoms with Gasteiger partial charge in [0.25, 0.3) is 0 Å². The minimum atomic E-state index is -0.905. The highest BCUT2D eigenvalue weighted by molar-refractivity contribution is 7.21. The van der Waals surface area contributed by atoms with Crippen LogP contribution in [0.3, 0.4) is 0 Å². The molecule has 3 rings (SSSR count). The van der Waals surface area contributed by atoms with E-state index in [-0.39, 0.29) is 12.2 Å². The van der Waals surface area contributed by atoms with Crippen molar-refractivity contribution in [2.45, 2.75) is 6.42 Å². The van der Waals surface area contributed by atoms with Gasteiger partial charge in [0.2, 0.25) is 5.78 Å². The molecule has 0 unspecified atom stereocenters. The molecule has 0 saturated heterocycles. The van der Waals surface area contributed by atoms with Gasteiger partial charge in [-0.3, -0.25) is 9.59 Å². The lowest BCUT2D eigenvalue weighted by molar-refractivity contribution is -0.136. The Bertz CT molecular complexity index is 811. The van der Waals surface area contributed by atoms with Crippen LogP contribution in [0.2, 0.25) is 0 Å². The average molecular weight is 299 g/mol. The number of nitrogens with zero attached hydrogens (tertiary/aromatic N) is 1. The molecule has 2 heterocycles. The van der Waals surface area contributed by atoms with Crippen molar-refractivity contribution in [3.05, 3.63) is 58.7 Å². The second-order valence-electron chi connectivity index (χ2n) is 4.82. The standard InChI is InChI=1S/C16H13NO3S/c1-17-11(9-15(18)19)6-7-12(17)16(20)14-8-10-4-2-3-5-13(10)21-14/h2-8H,9H2,1H3,(H,18,19). The summed E-state index contributed by atoms with van der Waals surface area (Å²) in [6, 6.07) is 13.1. The van der Waals surface area contributed by atoms with Gasteiger partial charge in [0.1, 0.15) is 0 Å². The molecule has 0 aliphatic carbocycles. The van der Waals surface area contributed by atoms with Crippen molar-refractivity contribution in [2.75, 3.05) is 0 Å². The molecule has 2 aromatic heterocycles. The summed E-state index contributed by atoms with van der Waals surface area (Å²) < 4.78 is 2.72. The molecule has 21 heavy (non-hydrogen) atoms. The number of fused-ring (bicyclic) bond motifs is 1. The Kier molecular flexibility index (Phi) is 3.35. The lowest BCUT2D eigenvalue weighted by Gasteiger charge is -2.04. The third kappa shape index (κ3) is 2.48. The van der Waals surface area contributed by atoms with Crippen LogP contribution in [0.25, 0.3) is 10.1 Å². The van der Waals surface area contributed by atoms with Crippen LogP contribution in [0, 0.1) is 0 Å². The van der Waals surface area contributed by atoms with Crippen LogP contribution in [0.1, 0.15) is 21.1 Å². The summed E-state index contributed by atoms with van der Waals surface area (Å²) in [5.41, 5.74) is 1.13. The number of hydrogen-bond acceptors (Lipinski definition) is 3. The third-order valence-corrected chi connectivity index (χ3v) is 4.55. The lowest BCUT2D eigenvalue weighted by atomic mass is 10.2. The van der Waals surface area contributed by atoms with Crippen molar-refractivity contribution < 1.29 is 14.7 Å². The Morgan fingerprint density at radius 1 is 1.19 bits per heavy atom. The summed E-state index contributed by atoms with van der Waals surface area (Å²) in [6.45, 7) is 0. The lowest BCUT2D eigenvalue weighted by Crippen LogP contribution is -2.10. The molecule has 0 aliphatic heterocycles. The van der Waals surface area contributed by atoms with Gasteiger partial charge in [-0.2, -0.15) is 0 Å². The zero-order valence-corrected chi connectivity index (χ0v) is 12.2. The van der Waals surface area contributed by atoms with Crippen molar-refractivity contribution in [3.8, 4) is 0 Å². The van der Waals surface area contributed by atoms with Crippen molar-refractivity contribution in [3.63, 3.8) is 0 Å². The molecule has 106 valence electrons. The number of ketones is 1. The van der Waals surface area contributed by atoms with E-state index < -0.39 is 5.97 Å². The van der Waals surface area contributed by atoms with Gasteiger partial charge in [-0.1, -0.05) is 18.2 Å². The number of rotatable bonds is 4. The summed E-state index contributed by atoms with van der Waals surface area (Å²) in [7, 11) is 1.72. The molecule has 5 heteroatoms. The molecular formula is C16H13NO3S. The Morgan fingerprint density at radius 3 is 2.67 bits per heavy atom. The number of carbonyl (C=O) groups excluding carboxylic acids is 1. The Hall–Kier alpha value is -2.40. The molecule has 0 spiro atoms. The van der Waals surface area contributed by atoms with Crippen molar-refractivity contribution >= 4 is 33.2 Å². The van der Waals surface area contributed by atoms with Gasteiger partial charge >= 0.3 is 5.97 Å². The average Bonchev–Trinajstić information content (AvgIpc) is 3.02. The maximum Gasteiger partial charge on any atom is 0.309 e. The van der Waals surface area contributed by atoms with Crippen molar-refractivity contribution in [1.29, 1.82) is 0 Å². The second kappa shape index (κ2) is 5.18. The number of carbonyl (C=O) groups is 2. The maximum atomic E-state index is 12.6. The first-order valence-electron chi connectivity index (χ1n) is 6.46. The highest BCUT2D eigenvalue weighted by Gasteiger charge is 2.17. The SMILES string of the molecule is Cn1c(CC(=O)O)ccc1C(=O)c1cc2ccccc2s1. The molecule has 0 radical (unpaired) electrons. The Labute approximate surface area is 125 Å². The molecule has 0 saturated carbocycles. The number of aromatic nitrogens is 1. The molecule has 0 amide bonds. The molecule has 3 aromatic rings.